The predicted molar refractivity (Wildman–Crippen MR) is 136 cm³/mol. The maximum absolute atomic E-state index is 13.1. The summed E-state index contributed by atoms with van der Waals surface area (Å²) in [6.07, 6.45) is 1.70. The summed E-state index contributed by atoms with van der Waals surface area (Å²) in [5, 5.41) is 5.67. The topological polar surface area (TPSA) is 61.4 Å². The highest BCUT2D eigenvalue weighted by molar-refractivity contribution is 6.10. The van der Waals surface area contributed by atoms with Crippen molar-refractivity contribution in [3.63, 3.8) is 0 Å². The number of benzene rings is 3. The molecule has 5 nitrogen and oxygen atoms in total. The van der Waals surface area contributed by atoms with Crippen molar-refractivity contribution in [2.75, 3.05) is 23.3 Å². The Morgan fingerprint density at radius 1 is 0.788 bits per heavy atom. The smallest absolute Gasteiger partial charge is 0.272 e. The van der Waals surface area contributed by atoms with E-state index in [-0.39, 0.29) is 17.5 Å². The molecule has 0 unspecified atom stereocenters. The fraction of sp³-hybridized carbons (Fsp3) is 0.214. The molecule has 0 aliphatic heterocycles. The number of hydrogen-bond donors (Lipinski definition) is 2. The van der Waals surface area contributed by atoms with Crippen LogP contribution in [0.2, 0.25) is 0 Å². The molecule has 33 heavy (non-hydrogen) atoms. The normalized spacial score (nSPS) is 11.1. The molecule has 3 aromatic carbocycles. The van der Waals surface area contributed by atoms with Crippen LogP contribution in [0.15, 0.2) is 78.5 Å². The fourth-order valence-electron chi connectivity index (χ4n) is 3.43. The van der Waals surface area contributed by atoms with E-state index in [0.29, 0.717) is 11.3 Å². The molecule has 0 aliphatic rings. The summed E-state index contributed by atoms with van der Waals surface area (Å²) in [6.45, 7) is 10.0. The molecule has 0 aromatic heterocycles. The molecular weight excluding hydrogens is 410 g/mol. The molecule has 2 N–H and O–H groups in total. The predicted octanol–water partition coefficient (Wildman–Crippen LogP) is 5.56. The van der Waals surface area contributed by atoms with Crippen LogP contribution in [0.5, 0.6) is 0 Å². The quantitative estimate of drug-likeness (QED) is 0.450. The highest BCUT2D eigenvalue weighted by Crippen LogP contribution is 2.17. The number of nitrogens with zero attached hydrogens (tertiary/aromatic N) is 1. The van der Waals surface area contributed by atoms with Gasteiger partial charge in [-0.2, -0.15) is 0 Å². The zero-order chi connectivity index (χ0) is 23.8. The molecule has 5 heteroatoms. The maximum Gasteiger partial charge on any atom is 0.272 e. The summed E-state index contributed by atoms with van der Waals surface area (Å²) < 4.78 is 0. The van der Waals surface area contributed by atoms with Gasteiger partial charge in [0, 0.05) is 30.0 Å². The minimum absolute atomic E-state index is 0.178. The van der Waals surface area contributed by atoms with Crippen molar-refractivity contribution >= 4 is 29.3 Å². The lowest BCUT2D eigenvalue weighted by Crippen LogP contribution is -2.30. The number of carbonyl (C=O) groups excluding carboxylic acids is 2. The Bertz CT molecular complexity index is 1110. The van der Waals surface area contributed by atoms with Gasteiger partial charge in [-0.15, -0.1) is 0 Å². The van der Waals surface area contributed by atoms with E-state index in [9.17, 15) is 9.59 Å². The van der Waals surface area contributed by atoms with Crippen LogP contribution in [0.3, 0.4) is 0 Å². The van der Waals surface area contributed by atoms with Gasteiger partial charge in [0.2, 0.25) is 0 Å². The van der Waals surface area contributed by atoms with Gasteiger partial charge in [-0.25, -0.2) is 0 Å². The summed E-state index contributed by atoms with van der Waals surface area (Å²) >= 11 is 0. The number of nitrogens with one attached hydrogen (secondary N) is 2. The van der Waals surface area contributed by atoms with Crippen LogP contribution in [0.25, 0.3) is 6.08 Å². The van der Waals surface area contributed by atoms with Gasteiger partial charge in [0.1, 0.15) is 5.70 Å². The zero-order valence-corrected chi connectivity index (χ0v) is 19.7. The first-order valence-electron chi connectivity index (χ1n) is 11.2. The average Bonchev–Trinajstić information content (AvgIpc) is 2.82. The van der Waals surface area contributed by atoms with E-state index in [0.717, 1.165) is 35.5 Å². The van der Waals surface area contributed by atoms with E-state index in [1.165, 1.54) is 0 Å². The van der Waals surface area contributed by atoms with Crippen LogP contribution in [-0.2, 0) is 4.79 Å². The number of aryl methyl sites for hydroxylation is 2. The Morgan fingerprint density at radius 3 is 1.88 bits per heavy atom. The van der Waals surface area contributed by atoms with Gasteiger partial charge >= 0.3 is 0 Å². The molecule has 0 saturated heterocycles. The zero-order valence-electron chi connectivity index (χ0n) is 19.7. The molecule has 0 spiro atoms. The van der Waals surface area contributed by atoms with Crippen LogP contribution in [0.4, 0.5) is 11.4 Å². The van der Waals surface area contributed by atoms with E-state index in [1.54, 1.807) is 18.2 Å². The van der Waals surface area contributed by atoms with E-state index < -0.39 is 0 Å². The summed E-state index contributed by atoms with van der Waals surface area (Å²) in [4.78, 5) is 28.2. The Labute approximate surface area is 196 Å². The standard InChI is InChI=1S/C28H31N3O2/c1-5-31(6-2)25-17-11-22(12-18-25)19-26(28(33)29-24-15-9-21(4)10-16-24)30-27(32)23-13-7-20(3)8-14-23/h7-19H,5-6H2,1-4H3,(H,29,33)(H,30,32)/b26-19-. The van der Waals surface area contributed by atoms with Crippen molar-refractivity contribution in [1.82, 2.24) is 5.32 Å². The van der Waals surface area contributed by atoms with Gasteiger partial charge in [0.05, 0.1) is 0 Å². The maximum atomic E-state index is 13.1. The van der Waals surface area contributed by atoms with Crippen molar-refractivity contribution in [3.05, 3.63) is 101 Å². The summed E-state index contributed by atoms with van der Waals surface area (Å²) in [7, 11) is 0. The molecule has 0 atom stereocenters. The van der Waals surface area contributed by atoms with Crippen LogP contribution in [0.1, 0.15) is 40.9 Å². The highest BCUT2D eigenvalue weighted by Gasteiger charge is 2.15. The molecule has 0 radical (unpaired) electrons. The molecule has 3 rings (SSSR count). The van der Waals surface area contributed by atoms with Gasteiger partial charge < -0.3 is 15.5 Å². The first-order chi connectivity index (χ1) is 15.9. The molecular formula is C28H31N3O2. The molecule has 2 amide bonds. The second kappa shape index (κ2) is 11.1. The summed E-state index contributed by atoms with van der Waals surface area (Å²) in [5.74, 6) is -0.716. The number of anilines is 2. The minimum Gasteiger partial charge on any atom is -0.372 e. The minimum atomic E-state index is -0.382. The van der Waals surface area contributed by atoms with E-state index in [1.807, 2.05) is 74.5 Å². The molecule has 0 aliphatic carbocycles. The van der Waals surface area contributed by atoms with E-state index >= 15 is 0 Å². The number of rotatable bonds is 8. The van der Waals surface area contributed by atoms with Crippen LogP contribution in [0, 0.1) is 13.8 Å². The van der Waals surface area contributed by atoms with Gasteiger partial charge in [0.25, 0.3) is 11.8 Å². The van der Waals surface area contributed by atoms with Gasteiger partial charge in [-0.3, -0.25) is 9.59 Å². The third kappa shape index (κ3) is 6.56. The third-order valence-electron chi connectivity index (χ3n) is 5.45. The van der Waals surface area contributed by atoms with Crippen molar-refractivity contribution in [2.45, 2.75) is 27.7 Å². The molecule has 0 heterocycles. The van der Waals surface area contributed by atoms with Gasteiger partial charge in [-0.1, -0.05) is 47.5 Å². The number of carbonyl (C=O) groups is 2. The summed E-state index contributed by atoms with van der Waals surface area (Å²) in [5.41, 5.74) is 5.44. The first kappa shape index (κ1) is 23.8. The molecule has 0 fully saturated rings. The van der Waals surface area contributed by atoms with Crippen LogP contribution >= 0.6 is 0 Å². The SMILES string of the molecule is CCN(CC)c1ccc(/C=C(\NC(=O)c2ccc(C)cc2)C(=O)Nc2ccc(C)cc2)cc1. The van der Waals surface area contributed by atoms with E-state index in [4.69, 9.17) is 0 Å². The highest BCUT2D eigenvalue weighted by atomic mass is 16.2. The third-order valence-corrected chi connectivity index (χ3v) is 5.45. The van der Waals surface area contributed by atoms with Gasteiger partial charge in [0.15, 0.2) is 0 Å². The fourth-order valence-corrected chi connectivity index (χ4v) is 3.43. The summed E-state index contributed by atoms with van der Waals surface area (Å²) in [6, 6.07) is 22.7. The van der Waals surface area contributed by atoms with E-state index in [2.05, 4.69) is 29.4 Å². The second-order valence-corrected chi connectivity index (χ2v) is 7.96. The monoisotopic (exact) mass is 441 g/mol. The largest absolute Gasteiger partial charge is 0.372 e. The lowest BCUT2D eigenvalue weighted by molar-refractivity contribution is -0.113. The van der Waals surface area contributed by atoms with Crippen molar-refractivity contribution in [2.24, 2.45) is 0 Å². The Kier molecular flexibility index (Phi) is 8.03. The lowest BCUT2D eigenvalue weighted by Gasteiger charge is -2.21. The van der Waals surface area contributed by atoms with Crippen LogP contribution < -0.4 is 15.5 Å². The van der Waals surface area contributed by atoms with Crippen molar-refractivity contribution in [3.8, 4) is 0 Å². The van der Waals surface area contributed by atoms with Crippen molar-refractivity contribution in [1.29, 1.82) is 0 Å². The Balaban J connectivity index is 1.88. The Hall–Kier alpha value is -3.86. The average molecular weight is 442 g/mol. The first-order valence-corrected chi connectivity index (χ1v) is 11.2. The molecule has 0 saturated carbocycles. The molecule has 3 aromatic rings. The second-order valence-electron chi connectivity index (χ2n) is 7.96. The van der Waals surface area contributed by atoms with Crippen LogP contribution in [-0.4, -0.2) is 24.9 Å². The van der Waals surface area contributed by atoms with Gasteiger partial charge in [-0.05, 0) is 75.7 Å². The number of amides is 2. The molecule has 170 valence electrons. The number of hydrogen-bond acceptors (Lipinski definition) is 3. The lowest BCUT2D eigenvalue weighted by atomic mass is 10.1. The Morgan fingerprint density at radius 2 is 1.33 bits per heavy atom. The molecule has 0 bridgehead atoms. The van der Waals surface area contributed by atoms with Crippen molar-refractivity contribution < 1.29 is 9.59 Å².